The Bertz CT molecular complexity index is 231. The lowest BCUT2D eigenvalue weighted by Gasteiger charge is -1.86. The third-order valence-electron chi connectivity index (χ3n) is 1.74. The molecular formula is C11H16ClN. The SMILES string of the molecule is CCCCC=C[n+]1ccccc1.[Cl-]. The molecule has 0 aromatic carbocycles. The van der Waals surface area contributed by atoms with Gasteiger partial charge in [0.2, 0.25) is 0 Å². The standard InChI is InChI=1S/C11H16N.ClH/c1-2-3-4-6-9-12-10-7-5-8-11-12;/h5-11H,2-4H2,1H3;1H/q+1;/p-1. The predicted molar refractivity (Wildman–Crippen MR) is 51.5 cm³/mol. The summed E-state index contributed by atoms with van der Waals surface area (Å²) in [6.45, 7) is 2.21. The number of pyridine rings is 1. The van der Waals surface area contributed by atoms with Crippen molar-refractivity contribution in [2.24, 2.45) is 0 Å². The van der Waals surface area contributed by atoms with E-state index in [4.69, 9.17) is 0 Å². The highest BCUT2D eigenvalue weighted by Gasteiger charge is 1.87. The zero-order valence-electron chi connectivity index (χ0n) is 7.99. The van der Waals surface area contributed by atoms with E-state index in [-0.39, 0.29) is 12.4 Å². The Morgan fingerprint density at radius 2 is 1.85 bits per heavy atom. The van der Waals surface area contributed by atoms with Gasteiger partial charge in [-0.05, 0) is 18.9 Å². The van der Waals surface area contributed by atoms with Crippen LogP contribution in [0.4, 0.5) is 0 Å². The number of nitrogens with zero attached hydrogens (tertiary/aromatic N) is 1. The van der Waals surface area contributed by atoms with Crippen molar-refractivity contribution >= 4 is 6.20 Å². The summed E-state index contributed by atoms with van der Waals surface area (Å²) < 4.78 is 2.07. The number of rotatable bonds is 4. The lowest BCUT2D eigenvalue weighted by Crippen LogP contribution is -3.00. The first-order valence-electron chi connectivity index (χ1n) is 4.56. The first-order valence-corrected chi connectivity index (χ1v) is 4.56. The summed E-state index contributed by atoms with van der Waals surface area (Å²) in [5, 5.41) is 0. The van der Waals surface area contributed by atoms with Crippen molar-refractivity contribution in [2.75, 3.05) is 0 Å². The van der Waals surface area contributed by atoms with Gasteiger partial charge in [-0.3, -0.25) is 0 Å². The average Bonchev–Trinajstić information content (AvgIpc) is 2.14. The van der Waals surface area contributed by atoms with Crippen LogP contribution in [0.25, 0.3) is 6.20 Å². The van der Waals surface area contributed by atoms with Crippen LogP contribution in [0.5, 0.6) is 0 Å². The minimum atomic E-state index is 0. The molecule has 0 atom stereocenters. The molecule has 0 aliphatic carbocycles. The van der Waals surface area contributed by atoms with E-state index in [0.29, 0.717) is 0 Å². The molecule has 13 heavy (non-hydrogen) atoms. The van der Waals surface area contributed by atoms with Crippen LogP contribution < -0.4 is 17.0 Å². The average molecular weight is 198 g/mol. The Hall–Kier alpha value is -0.820. The van der Waals surface area contributed by atoms with Crippen molar-refractivity contribution in [3.8, 4) is 0 Å². The summed E-state index contributed by atoms with van der Waals surface area (Å²) in [6, 6.07) is 6.09. The molecule has 1 heterocycles. The first-order chi connectivity index (χ1) is 5.93. The number of allylic oxidation sites excluding steroid dienone is 1. The van der Waals surface area contributed by atoms with Gasteiger partial charge in [0.25, 0.3) is 0 Å². The van der Waals surface area contributed by atoms with E-state index in [1.807, 2.05) is 30.6 Å². The minimum Gasteiger partial charge on any atom is -1.00 e. The normalized spacial score (nSPS) is 9.92. The Morgan fingerprint density at radius 1 is 1.15 bits per heavy atom. The summed E-state index contributed by atoms with van der Waals surface area (Å²) in [7, 11) is 0. The van der Waals surface area contributed by atoms with Crippen LogP contribution in [0.2, 0.25) is 0 Å². The van der Waals surface area contributed by atoms with Gasteiger partial charge in [0, 0.05) is 12.1 Å². The number of hydrogen-bond acceptors (Lipinski definition) is 0. The van der Waals surface area contributed by atoms with Gasteiger partial charge < -0.3 is 12.4 Å². The van der Waals surface area contributed by atoms with E-state index in [1.165, 1.54) is 19.3 Å². The molecule has 0 aliphatic heterocycles. The highest BCUT2D eigenvalue weighted by Crippen LogP contribution is 1.93. The second-order valence-corrected chi connectivity index (χ2v) is 2.85. The van der Waals surface area contributed by atoms with Gasteiger partial charge >= 0.3 is 0 Å². The van der Waals surface area contributed by atoms with Crippen LogP contribution in [0.1, 0.15) is 26.2 Å². The quantitative estimate of drug-likeness (QED) is 0.459. The lowest BCUT2D eigenvalue weighted by molar-refractivity contribution is -0.568. The summed E-state index contributed by atoms with van der Waals surface area (Å²) in [4.78, 5) is 0. The number of unbranched alkanes of at least 4 members (excludes halogenated alkanes) is 2. The van der Waals surface area contributed by atoms with Crippen LogP contribution in [-0.2, 0) is 0 Å². The summed E-state index contributed by atoms with van der Waals surface area (Å²) >= 11 is 0. The van der Waals surface area contributed by atoms with Crippen LogP contribution in [-0.4, -0.2) is 0 Å². The molecule has 0 unspecified atom stereocenters. The molecule has 0 aliphatic rings. The third kappa shape index (κ3) is 5.42. The van der Waals surface area contributed by atoms with Gasteiger partial charge in [-0.15, -0.1) is 0 Å². The van der Waals surface area contributed by atoms with Crippen molar-refractivity contribution in [3.63, 3.8) is 0 Å². The first kappa shape index (κ1) is 12.2. The van der Waals surface area contributed by atoms with Crippen molar-refractivity contribution in [1.82, 2.24) is 0 Å². The fourth-order valence-corrected chi connectivity index (χ4v) is 1.03. The Morgan fingerprint density at radius 3 is 2.46 bits per heavy atom. The minimum absolute atomic E-state index is 0. The highest BCUT2D eigenvalue weighted by atomic mass is 35.5. The number of halogens is 1. The largest absolute Gasteiger partial charge is 1.00 e. The Balaban J connectivity index is 0.00000144. The molecule has 0 saturated carbocycles. The van der Waals surface area contributed by atoms with Gasteiger partial charge in [0.05, 0.1) is 0 Å². The smallest absolute Gasteiger partial charge is 0.174 e. The highest BCUT2D eigenvalue weighted by molar-refractivity contribution is 5.06. The van der Waals surface area contributed by atoms with E-state index >= 15 is 0 Å². The molecule has 0 bridgehead atoms. The molecule has 0 fully saturated rings. The van der Waals surface area contributed by atoms with Crippen molar-refractivity contribution < 1.29 is 17.0 Å². The Labute approximate surface area is 86.5 Å². The fourth-order valence-electron chi connectivity index (χ4n) is 1.03. The second kappa shape index (κ2) is 7.81. The molecule has 1 rings (SSSR count). The zero-order chi connectivity index (χ0) is 8.65. The molecule has 72 valence electrons. The molecule has 0 amide bonds. The molecule has 2 heteroatoms. The van der Waals surface area contributed by atoms with Crippen LogP contribution in [0, 0.1) is 0 Å². The topological polar surface area (TPSA) is 3.88 Å². The molecule has 1 aromatic rings. The monoisotopic (exact) mass is 197 g/mol. The van der Waals surface area contributed by atoms with E-state index in [9.17, 15) is 0 Å². The third-order valence-corrected chi connectivity index (χ3v) is 1.74. The van der Waals surface area contributed by atoms with Crippen LogP contribution in [0.3, 0.4) is 0 Å². The number of hydrogen-bond donors (Lipinski definition) is 0. The summed E-state index contributed by atoms with van der Waals surface area (Å²) in [5.74, 6) is 0. The fraction of sp³-hybridized carbons (Fsp3) is 0.364. The van der Waals surface area contributed by atoms with Crippen molar-refractivity contribution in [1.29, 1.82) is 0 Å². The van der Waals surface area contributed by atoms with Gasteiger partial charge in [-0.25, -0.2) is 0 Å². The summed E-state index contributed by atoms with van der Waals surface area (Å²) in [5.41, 5.74) is 0. The lowest BCUT2D eigenvalue weighted by atomic mass is 10.2. The van der Waals surface area contributed by atoms with E-state index in [2.05, 4.69) is 23.8 Å². The van der Waals surface area contributed by atoms with Crippen molar-refractivity contribution in [3.05, 3.63) is 36.7 Å². The molecule has 1 aromatic heterocycles. The van der Waals surface area contributed by atoms with E-state index in [1.54, 1.807) is 0 Å². The number of aromatic nitrogens is 1. The zero-order valence-corrected chi connectivity index (χ0v) is 8.74. The molecular weight excluding hydrogens is 182 g/mol. The molecule has 0 spiro atoms. The maximum atomic E-state index is 2.21. The predicted octanol–water partition coefficient (Wildman–Crippen LogP) is -0.361. The van der Waals surface area contributed by atoms with E-state index in [0.717, 1.165) is 0 Å². The van der Waals surface area contributed by atoms with Gasteiger partial charge in [0.1, 0.15) is 0 Å². The second-order valence-electron chi connectivity index (χ2n) is 2.85. The van der Waals surface area contributed by atoms with Crippen LogP contribution >= 0.6 is 0 Å². The van der Waals surface area contributed by atoms with Gasteiger partial charge in [-0.1, -0.05) is 19.4 Å². The molecule has 0 N–H and O–H groups in total. The Kier molecular flexibility index (Phi) is 7.32. The van der Waals surface area contributed by atoms with E-state index < -0.39 is 0 Å². The molecule has 1 nitrogen and oxygen atoms in total. The molecule has 0 saturated heterocycles. The maximum Gasteiger partial charge on any atom is 0.174 e. The van der Waals surface area contributed by atoms with Gasteiger partial charge in [-0.2, -0.15) is 4.57 Å². The van der Waals surface area contributed by atoms with Crippen molar-refractivity contribution in [2.45, 2.75) is 26.2 Å². The molecule has 0 radical (unpaired) electrons. The van der Waals surface area contributed by atoms with Gasteiger partial charge in [0.15, 0.2) is 18.6 Å². The van der Waals surface area contributed by atoms with Crippen LogP contribution in [0.15, 0.2) is 36.7 Å². The maximum absolute atomic E-state index is 2.21. The summed E-state index contributed by atoms with van der Waals surface area (Å²) in [6.07, 6.45) is 12.1.